The number of halogens is 1. The quantitative estimate of drug-likeness (QED) is 0.498. The Balaban J connectivity index is 2.09. The molecule has 6 nitrogen and oxygen atoms in total. The van der Waals surface area contributed by atoms with Crippen LogP contribution in [-0.4, -0.2) is 29.7 Å². The van der Waals surface area contributed by atoms with Gasteiger partial charge in [-0.25, -0.2) is 8.42 Å². The van der Waals surface area contributed by atoms with Gasteiger partial charge in [0.1, 0.15) is 17.2 Å². The van der Waals surface area contributed by atoms with Gasteiger partial charge < -0.3 is 14.2 Å². The van der Waals surface area contributed by atoms with Crippen molar-refractivity contribution in [3.05, 3.63) is 77.3 Å². The summed E-state index contributed by atoms with van der Waals surface area (Å²) in [5.41, 5.74) is 1.14. The Bertz CT molecular complexity index is 1090. The van der Waals surface area contributed by atoms with Gasteiger partial charge in [0.2, 0.25) is 0 Å². The second kappa shape index (κ2) is 9.28. The zero-order chi connectivity index (χ0) is 21.7. The van der Waals surface area contributed by atoms with E-state index in [9.17, 15) is 8.42 Å². The Morgan fingerprint density at radius 1 is 0.800 bits per heavy atom. The van der Waals surface area contributed by atoms with Crippen LogP contribution in [0.15, 0.2) is 71.6 Å². The lowest BCUT2D eigenvalue weighted by Crippen LogP contribution is -2.30. The van der Waals surface area contributed by atoms with Gasteiger partial charge >= 0.3 is 0 Å². The third-order valence-corrected chi connectivity index (χ3v) is 6.50. The highest BCUT2D eigenvalue weighted by molar-refractivity contribution is 7.92. The molecule has 0 bridgehead atoms. The average molecular weight is 448 g/mol. The number of ether oxygens (including phenoxy) is 3. The zero-order valence-corrected chi connectivity index (χ0v) is 18.4. The summed E-state index contributed by atoms with van der Waals surface area (Å²) in [4.78, 5) is 0.137. The molecule has 0 aromatic heterocycles. The second-order valence-electron chi connectivity index (χ2n) is 6.39. The van der Waals surface area contributed by atoms with E-state index in [1.165, 1.54) is 23.5 Å². The average Bonchev–Trinajstić information content (AvgIpc) is 2.77. The molecule has 0 amide bonds. The van der Waals surface area contributed by atoms with Crippen LogP contribution in [0.4, 0.5) is 5.69 Å². The van der Waals surface area contributed by atoms with Gasteiger partial charge in [-0.05, 0) is 60.2 Å². The van der Waals surface area contributed by atoms with E-state index in [1.807, 2.05) is 0 Å². The van der Waals surface area contributed by atoms with E-state index in [4.69, 9.17) is 25.8 Å². The number of sulfonamides is 1. The van der Waals surface area contributed by atoms with Crippen LogP contribution in [0.3, 0.4) is 0 Å². The maximum atomic E-state index is 13.5. The van der Waals surface area contributed by atoms with E-state index in [0.717, 1.165) is 0 Å². The van der Waals surface area contributed by atoms with E-state index in [2.05, 4.69) is 0 Å². The molecule has 0 spiro atoms. The minimum absolute atomic E-state index is 0.0578. The summed E-state index contributed by atoms with van der Waals surface area (Å²) in [6.07, 6.45) is 0. The first-order chi connectivity index (χ1) is 14.4. The number of nitrogens with zero attached hydrogens (tertiary/aromatic N) is 1. The lowest BCUT2D eigenvalue weighted by atomic mass is 10.2. The third kappa shape index (κ3) is 4.80. The largest absolute Gasteiger partial charge is 0.497 e. The summed E-state index contributed by atoms with van der Waals surface area (Å²) < 4.78 is 44.1. The van der Waals surface area contributed by atoms with Gasteiger partial charge in [0.15, 0.2) is 0 Å². The SMILES string of the molecule is COc1ccc(S(=O)(=O)N(Cc2cc(OC)cc(OC)c2)c2cccc(Cl)c2)cc1. The second-order valence-corrected chi connectivity index (χ2v) is 8.69. The Morgan fingerprint density at radius 2 is 1.40 bits per heavy atom. The smallest absolute Gasteiger partial charge is 0.264 e. The predicted octanol–water partition coefficient (Wildman–Crippen LogP) is 4.76. The number of hydrogen-bond donors (Lipinski definition) is 0. The van der Waals surface area contributed by atoms with Crippen LogP contribution in [0, 0.1) is 0 Å². The van der Waals surface area contributed by atoms with Gasteiger partial charge in [0.05, 0.1) is 38.5 Å². The first kappa shape index (κ1) is 21.8. The first-order valence-electron chi connectivity index (χ1n) is 9.01. The molecular formula is C22H22ClNO5S. The number of rotatable bonds is 8. The summed E-state index contributed by atoms with van der Waals surface area (Å²) in [6, 6.07) is 18.2. The standard InChI is InChI=1S/C22H22ClNO5S/c1-27-19-7-9-22(10-8-19)30(25,26)24(18-6-4-5-17(23)13-18)15-16-11-20(28-2)14-21(12-16)29-3/h4-14H,15H2,1-3H3. The molecule has 0 heterocycles. The molecule has 0 saturated heterocycles. The van der Waals surface area contributed by atoms with Gasteiger partial charge in [0, 0.05) is 11.1 Å². The summed E-state index contributed by atoms with van der Waals surface area (Å²) in [5.74, 6) is 1.70. The molecule has 0 unspecified atom stereocenters. The van der Waals surface area contributed by atoms with Crippen LogP contribution < -0.4 is 18.5 Å². The fraction of sp³-hybridized carbons (Fsp3) is 0.182. The highest BCUT2D eigenvalue weighted by atomic mass is 35.5. The molecule has 0 aliphatic carbocycles. The lowest BCUT2D eigenvalue weighted by Gasteiger charge is -2.25. The molecular weight excluding hydrogens is 426 g/mol. The third-order valence-electron chi connectivity index (χ3n) is 4.48. The number of hydrogen-bond acceptors (Lipinski definition) is 5. The Morgan fingerprint density at radius 3 is 1.93 bits per heavy atom. The first-order valence-corrected chi connectivity index (χ1v) is 10.8. The van der Waals surface area contributed by atoms with Crippen LogP contribution in [0.25, 0.3) is 0 Å². The van der Waals surface area contributed by atoms with E-state index < -0.39 is 10.0 Å². The zero-order valence-electron chi connectivity index (χ0n) is 16.8. The van der Waals surface area contributed by atoms with Crippen LogP contribution in [-0.2, 0) is 16.6 Å². The van der Waals surface area contributed by atoms with E-state index >= 15 is 0 Å². The Hall–Kier alpha value is -2.90. The summed E-state index contributed by atoms with van der Waals surface area (Å²) >= 11 is 6.14. The fourth-order valence-corrected chi connectivity index (χ4v) is 4.57. The van der Waals surface area contributed by atoms with Crippen molar-refractivity contribution in [3.8, 4) is 17.2 Å². The molecule has 3 aromatic rings. The van der Waals surface area contributed by atoms with Gasteiger partial charge in [-0.15, -0.1) is 0 Å². The van der Waals surface area contributed by atoms with Crippen molar-refractivity contribution in [3.63, 3.8) is 0 Å². The molecule has 0 atom stereocenters. The maximum Gasteiger partial charge on any atom is 0.264 e. The molecule has 0 N–H and O–H groups in total. The predicted molar refractivity (Wildman–Crippen MR) is 117 cm³/mol. The number of methoxy groups -OCH3 is 3. The molecule has 0 saturated carbocycles. The topological polar surface area (TPSA) is 65.1 Å². The van der Waals surface area contributed by atoms with Crippen molar-refractivity contribution in [1.29, 1.82) is 0 Å². The Labute approximate surface area is 181 Å². The van der Waals surface area contributed by atoms with Gasteiger partial charge in [-0.1, -0.05) is 17.7 Å². The minimum atomic E-state index is -3.90. The van der Waals surface area contributed by atoms with Gasteiger partial charge in [0.25, 0.3) is 10.0 Å². The summed E-state index contributed by atoms with van der Waals surface area (Å²) in [5, 5.41) is 0.436. The molecule has 30 heavy (non-hydrogen) atoms. The van der Waals surface area contributed by atoms with Crippen molar-refractivity contribution in [2.24, 2.45) is 0 Å². The highest BCUT2D eigenvalue weighted by Crippen LogP contribution is 2.31. The molecule has 0 fully saturated rings. The van der Waals surface area contributed by atoms with Gasteiger partial charge in [-0.2, -0.15) is 0 Å². The van der Waals surface area contributed by atoms with Crippen LogP contribution in [0.2, 0.25) is 5.02 Å². The van der Waals surface area contributed by atoms with E-state index in [0.29, 0.717) is 33.5 Å². The molecule has 158 valence electrons. The minimum Gasteiger partial charge on any atom is -0.497 e. The Kier molecular flexibility index (Phi) is 6.74. The van der Waals surface area contributed by atoms with Crippen molar-refractivity contribution in [1.82, 2.24) is 0 Å². The van der Waals surface area contributed by atoms with Crippen molar-refractivity contribution in [2.75, 3.05) is 25.6 Å². The van der Waals surface area contributed by atoms with E-state index in [1.54, 1.807) is 68.8 Å². The van der Waals surface area contributed by atoms with Crippen LogP contribution >= 0.6 is 11.6 Å². The highest BCUT2D eigenvalue weighted by Gasteiger charge is 2.26. The molecule has 3 aromatic carbocycles. The van der Waals surface area contributed by atoms with E-state index in [-0.39, 0.29) is 11.4 Å². The molecule has 0 aliphatic rings. The van der Waals surface area contributed by atoms with Crippen molar-refractivity contribution in [2.45, 2.75) is 11.4 Å². The van der Waals surface area contributed by atoms with Gasteiger partial charge in [-0.3, -0.25) is 4.31 Å². The lowest BCUT2D eigenvalue weighted by molar-refractivity contribution is 0.393. The van der Waals surface area contributed by atoms with Crippen LogP contribution in [0.1, 0.15) is 5.56 Å². The number of anilines is 1. The number of benzene rings is 3. The monoisotopic (exact) mass is 447 g/mol. The van der Waals surface area contributed by atoms with Crippen molar-refractivity contribution >= 4 is 27.3 Å². The summed E-state index contributed by atoms with van der Waals surface area (Å²) in [7, 11) is 0.716. The molecule has 0 radical (unpaired) electrons. The normalized spacial score (nSPS) is 11.1. The van der Waals surface area contributed by atoms with Crippen molar-refractivity contribution < 1.29 is 22.6 Å². The summed E-state index contributed by atoms with van der Waals surface area (Å²) in [6.45, 7) is 0.0578. The molecule has 8 heteroatoms. The molecule has 3 rings (SSSR count). The fourth-order valence-electron chi connectivity index (χ4n) is 2.94. The van der Waals surface area contributed by atoms with Crippen LogP contribution in [0.5, 0.6) is 17.2 Å². The molecule has 0 aliphatic heterocycles. The maximum absolute atomic E-state index is 13.5.